The van der Waals surface area contributed by atoms with Crippen LogP contribution in [-0.4, -0.2) is 38.8 Å². The number of ether oxygens (including phenoxy) is 1. The molecule has 1 heterocycles. The lowest BCUT2D eigenvalue weighted by molar-refractivity contribution is 0.150. The number of likely N-dealkylation sites (tertiary alicyclic amines) is 1. The summed E-state index contributed by atoms with van der Waals surface area (Å²) in [6.07, 6.45) is 6.93. The summed E-state index contributed by atoms with van der Waals surface area (Å²) < 4.78 is 5.18. The van der Waals surface area contributed by atoms with Crippen molar-refractivity contribution in [2.75, 3.05) is 7.11 Å². The van der Waals surface area contributed by atoms with Crippen LogP contribution < -0.4 is 0 Å². The molecule has 5 heteroatoms. The second-order valence-electron chi connectivity index (χ2n) is 5.56. The van der Waals surface area contributed by atoms with Crippen LogP contribution >= 0.6 is 31.9 Å². The minimum atomic E-state index is -0.161. The van der Waals surface area contributed by atoms with Gasteiger partial charge in [-0.2, -0.15) is 0 Å². The fourth-order valence-corrected chi connectivity index (χ4v) is 5.62. The van der Waals surface area contributed by atoms with Gasteiger partial charge in [-0.25, -0.2) is 4.79 Å². The van der Waals surface area contributed by atoms with E-state index in [-0.39, 0.29) is 14.7 Å². The van der Waals surface area contributed by atoms with Crippen LogP contribution in [0.1, 0.15) is 38.5 Å². The average Bonchev–Trinajstić information content (AvgIpc) is 2.96. The Morgan fingerprint density at radius 1 is 1.18 bits per heavy atom. The molecule has 0 N–H and O–H groups in total. The van der Waals surface area contributed by atoms with Gasteiger partial charge in [0.25, 0.3) is 0 Å². The Balaban J connectivity index is 1.81. The molecule has 0 unspecified atom stereocenters. The molecule has 0 spiro atoms. The third-order valence-corrected chi connectivity index (χ3v) is 8.21. The van der Waals surface area contributed by atoms with Gasteiger partial charge in [0, 0.05) is 8.65 Å². The summed E-state index contributed by atoms with van der Waals surface area (Å²) >= 11 is 7.94. The van der Waals surface area contributed by atoms with E-state index in [0.717, 1.165) is 12.8 Å². The van der Waals surface area contributed by atoms with E-state index in [9.17, 15) is 4.79 Å². The minimum Gasteiger partial charge on any atom is -0.453 e. The van der Waals surface area contributed by atoms with Gasteiger partial charge < -0.3 is 4.74 Å². The van der Waals surface area contributed by atoms with E-state index >= 15 is 0 Å². The molecule has 96 valence electrons. The molecule has 0 radical (unpaired) electrons. The van der Waals surface area contributed by atoms with Gasteiger partial charge in [0.1, 0.15) is 0 Å². The van der Waals surface area contributed by atoms with Gasteiger partial charge in [0.15, 0.2) is 0 Å². The highest BCUT2D eigenvalue weighted by atomic mass is 79.9. The Labute approximate surface area is 119 Å². The number of halogens is 2. The van der Waals surface area contributed by atoms with Crippen LogP contribution in [-0.2, 0) is 4.74 Å². The van der Waals surface area contributed by atoms with E-state index in [0.29, 0.717) is 12.1 Å². The van der Waals surface area contributed by atoms with E-state index in [4.69, 9.17) is 4.74 Å². The van der Waals surface area contributed by atoms with Crippen molar-refractivity contribution in [2.45, 2.75) is 59.3 Å². The molecule has 4 atom stereocenters. The molecule has 0 aromatic heterocycles. The van der Waals surface area contributed by atoms with E-state index in [1.165, 1.54) is 32.8 Å². The average molecular weight is 367 g/mol. The maximum atomic E-state index is 11.6. The SMILES string of the molecule is COC(=O)N1[C@@H]2C[C@@]3(Br)CCCC[C@@]3(Br)C[C@@H]21. The number of fused-ring (bicyclic) bond motifs is 2. The molecule has 0 aromatic rings. The van der Waals surface area contributed by atoms with Crippen molar-refractivity contribution in [3.05, 3.63) is 0 Å². The molecule has 1 amide bonds. The summed E-state index contributed by atoms with van der Waals surface area (Å²) in [6, 6.07) is 0.788. The van der Waals surface area contributed by atoms with Crippen LogP contribution in [0.3, 0.4) is 0 Å². The van der Waals surface area contributed by atoms with Crippen molar-refractivity contribution in [2.24, 2.45) is 0 Å². The van der Waals surface area contributed by atoms with Gasteiger partial charge in [-0.05, 0) is 25.7 Å². The normalized spacial score (nSPS) is 48.1. The first-order valence-electron chi connectivity index (χ1n) is 6.25. The predicted molar refractivity (Wildman–Crippen MR) is 72.8 cm³/mol. The monoisotopic (exact) mass is 365 g/mol. The zero-order valence-electron chi connectivity index (χ0n) is 9.92. The van der Waals surface area contributed by atoms with Crippen LogP contribution in [0, 0.1) is 0 Å². The fraction of sp³-hybridized carbons (Fsp3) is 0.917. The molecule has 3 fully saturated rings. The molecule has 2 saturated carbocycles. The van der Waals surface area contributed by atoms with Gasteiger partial charge in [-0.3, -0.25) is 4.90 Å². The number of methoxy groups -OCH3 is 1. The first-order valence-corrected chi connectivity index (χ1v) is 7.83. The standard InChI is InChI=1S/C12H17Br2NO2/c1-17-10(16)15-8-6-11(13)4-2-3-5-12(11,14)7-9(8)15/h8-9H,2-7H2,1H3/t8-,9+,11+,12-,15?. The molecule has 3 aliphatic rings. The lowest BCUT2D eigenvalue weighted by Crippen LogP contribution is -2.51. The second-order valence-corrected chi connectivity index (χ2v) is 8.59. The number of hydrogen-bond acceptors (Lipinski definition) is 2. The topological polar surface area (TPSA) is 29.3 Å². The highest BCUT2D eigenvalue weighted by molar-refractivity contribution is 9.13. The Morgan fingerprint density at radius 3 is 2.06 bits per heavy atom. The van der Waals surface area contributed by atoms with Gasteiger partial charge >= 0.3 is 6.09 Å². The first kappa shape index (κ1) is 12.3. The summed E-state index contributed by atoms with van der Waals surface area (Å²) in [5.41, 5.74) is 0. The Hall–Kier alpha value is 0.230. The largest absolute Gasteiger partial charge is 0.453 e. The first-order chi connectivity index (χ1) is 8.01. The number of nitrogens with zero attached hydrogens (tertiary/aromatic N) is 1. The maximum Gasteiger partial charge on any atom is 0.410 e. The van der Waals surface area contributed by atoms with Crippen molar-refractivity contribution in [3.8, 4) is 0 Å². The quantitative estimate of drug-likeness (QED) is 0.485. The molecule has 3 rings (SSSR count). The van der Waals surface area contributed by atoms with E-state index in [2.05, 4.69) is 31.9 Å². The van der Waals surface area contributed by atoms with Crippen molar-refractivity contribution in [1.29, 1.82) is 0 Å². The number of hydrogen-bond donors (Lipinski definition) is 0. The van der Waals surface area contributed by atoms with E-state index < -0.39 is 0 Å². The summed E-state index contributed by atoms with van der Waals surface area (Å²) in [5, 5.41) is 0. The molecular formula is C12H17Br2NO2. The van der Waals surface area contributed by atoms with Crippen molar-refractivity contribution < 1.29 is 9.53 Å². The fourth-order valence-electron chi connectivity index (χ4n) is 3.67. The highest BCUT2D eigenvalue weighted by Crippen LogP contribution is 2.62. The molecule has 2 aliphatic carbocycles. The van der Waals surface area contributed by atoms with Crippen LogP contribution in [0.25, 0.3) is 0 Å². The lowest BCUT2D eigenvalue weighted by Gasteiger charge is -2.49. The smallest absolute Gasteiger partial charge is 0.410 e. The minimum absolute atomic E-state index is 0.161. The van der Waals surface area contributed by atoms with Crippen LogP contribution in [0.15, 0.2) is 0 Å². The summed E-state index contributed by atoms with van der Waals surface area (Å²) in [5.74, 6) is 0. The van der Waals surface area contributed by atoms with Crippen molar-refractivity contribution >= 4 is 38.0 Å². The summed E-state index contributed by atoms with van der Waals surface area (Å²) in [4.78, 5) is 13.5. The number of alkyl halides is 2. The van der Waals surface area contributed by atoms with E-state index in [1.54, 1.807) is 0 Å². The summed E-state index contributed by atoms with van der Waals surface area (Å²) in [7, 11) is 1.47. The Morgan fingerprint density at radius 2 is 1.65 bits per heavy atom. The number of carbonyl (C=O) groups is 1. The molecule has 3 nitrogen and oxygen atoms in total. The predicted octanol–water partition coefficient (Wildman–Crippen LogP) is 3.44. The Bertz CT molecular complexity index is 338. The summed E-state index contributed by atoms with van der Waals surface area (Å²) in [6.45, 7) is 0. The van der Waals surface area contributed by atoms with Gasteiger partial charge in [0.2, 0.25) is 0 Å². The van der Waals surface area contributed by atoms with Crippen LogP contribution in [0.2, 0.25) is 0 Å². The maximum absolute atomic E-state index is 11.6. The Kier molecular flexibility index (Phi) is 2.79. The third-order valence-electron chi connectivity index (χ3n) is 4.72. The number of amides is 1. The number of carbonyl (C=O) groups excluding carboxylic acids is 1. The molecule has 1 saturated heterocycles. The van der Waals surface area contributed by atoms with E-state index in [1.807, 2.05) is 4.90 Å². The molecule has 0 aromatic carbocycles. The second kappa shape index (κ2) is 3.86. The molecule has 1 aliphatic heterocycles. The molecule has 17 heavy (non-hydrogen) atoms. The van der Waals surface area contributed by atoms with Gasteiger partial charge in [-0.15, -0.1) is 0 Å². The van der Waals surface area contributed by atoms with Crippen molar-refractivity contribution in [1.82, 2.24) is 4.90 Å². The zero-order valence-corrected chi connectivity index (χ0v) is 13.1. The highest BCUT2D eigenvalue weighted by Gasteiger charge is 2.66. The van der Waals surface area contributed by atoms with Crippen molar-refractivity contribution in [3.63, 3.8) is 0 Å². The van der Waals surface area contributed by atoms with Crippen LogP contribution in [0.5, 0.6) is 0 Å². The number of rotatable bonds is 0. The molecular weight excluding hydrogens is 350 g/mol. The molecule has 0 bridgehead atoms. The zero-order chi connectivity index (χ0) is 12.3. The van der Waals surface area contributed by atoms with Gasteiger partial charge in [0.05, 0.1) is 19.2 Å². The lowest BCUT2D eigenvalue weighted by atomic mass is 9.70. The van der Waals surface area contributed by atoms with Gasteiger partial charge in [-0.1, -0.05) is 44.7 Å². The third kappa shape index (κ3) is 1.68. The van der Waals surface area contributed by atoms with Crippen LogP contribution in [0.4, 0.5) is 4.79 Å².